The van der Waals surface area contributed by atoms with Gasteiger partial charge in [0.2, 0.25) is 0 Å². The molecule has 0 amide bonds. The fraction of sp³-hybridized carbons (Fsp3) is 0.571. The van der Waals surface area contributed by atoms with E-state index in [2.05, 4.69) is 46.8 Å². The Morgan fingerprint density at radius 1 is 1.27 bits per heavy atom. The Balaban J connectivity index is 2.64. The molecule has 0 saturated carbocycles. The lowest BCUT2D eigenvalue weighted by Gasteiger charge is -2.17. The van der Waals surface area contributed by atoms with Gasteiger partial charge >= 0.3 is 0 Å². The van der Waals surface area contributed by atoms with Gasteiger partial charge in [-0.2, -0.15) is 0 Å². The van der Waals surface area contributed by atoms with Crippen molar-refractivity contribution in [3.63, 3.8) is 0 Å². The third-order valence-corrected chi connectivity index (χ3v) is 3.30. The van der Waals surface area contributed by atoms with Crippen LogP contribution in [-0.2, 0) is 5.41 Å². The molecule has 1 heterocycles. The molecule has 0 spiro atoms. The molecule has 1 aliphatic rings. The highest BCUT2D eigenvalue weighted by molar-refractivity contribution is 5.53. The van der Waals surface area contributed by atoms with Gasteiger partial charge in [-0.05, 0) is 24.0 Å². The van der Waals surface area contributed by atoms with Crippen LogP contribution in [0.1, 0.15) is 50.3 Å². The van der Waals surface area contributed by atoms with Gasteiger partial charge in [-0.1, -0.05) is 39.8 Å². The number of rotatable bonds is 1. The molecule has 0 N–H and O–H groups in total. The van der Waals surface area contributed by atoms with Crippen molar-refractivity contribution in [1.29, 1.82) is 0 Å². The van der Waals surface area contributed by atoms with Gasteiger partial charge < -0.3 is 4.74 Å². The van der Waals surface area contributed by atoms with Gasteiger partial charge in [-0.25, -0.2) is 0 Å². The lowest BCUT2D eigenvalue weighted by molar-refractivity contribution is 0.288. The van der Waals surface area contributed by atoms with Gasteiger partial charge in [-0.15, -0.1) is 0 Å². The average molecular weight is 204 g/mol. The van der Waals surface area contributed by atoms with E-state index in [1.807, 2.05) is 0 Å². The molecular formula is C14H20O. The van der Waals surface area contributed by atoms with Crippen LogP contribution in [0.25, 0.3) is 0 Å². The van der Waals surface area contributed by atoms with Crippen LogP contribution in [0.3, 0.4) is 0 Å². The summed E-state index contributed by atoms with van der Waals surface area (Å²) >= 11 is 0. The molecule has 1 aromatic rings. The summed E-state index contributed by atoms with van der Waals surface area (Å²) in [5.74, 6) is 1.68. The van der Waals surface area contributed by atoms with Crippen molar-refractivity contribution >= 4 is 0 Å². The highest BCUT2D eigenvalue weighted by atomic mass is 16.5. The van der Waals surface area contributed by atoms with Crippen LogP contribution in [-0.4, -0.2) is 6.61 Å². The van der Waals surface area contributed by atoms with E-state index in [-0.39, 0.29) is 5.41 Å². The maximum Gasteiger partial charge on any atom is 0.126 e. The van der Waals surface area contributed by atoms with Gasteiger partial charge in [0, 0.05) is 11.0 Å². The lowest BCUT2D eigenvalue weighted by atomic mass is 9.83. The second-order valence-electron chi connectivity index (χ2n) is 5.50. The second kappa shape index (κ2) is 3.26. The van der Waals surface area contributed by atoms with Crippen molar-refractivity contribution in [3.05, 3.63) is 28.8 Å². The van der Waals surface area contributed by atoms with Crippen LogP contribution in [0.5, 0.6) is 5.75 Å². The van der Waals surface area contributed by atoms with Gasteiger partial charge in [0.05, 0.1) is 6.61 Å². The predicted octanol–water partition coefficient (Wildman–Crippen LogP) is 3.79. The molecule has 15 heavy (non-hydrogen) atoms. The van der Waals surface area contributed by atoms with E-state index in [4.69, 9.17) is 4.74 Å². The fourth-order valence-electron chi connectivity index (χ4n) is 2.43. The molecule has 0 bridgehead atoms. The van der Waals surface area contributed by atoms with Crippen molar-refractivity contribution in [1.82, 2.24) is 0 Å². The van der Waals surface area contributed by atoms with Crippen LogP contribution < -0.4 is 4.74 Å². The number of ether oxygens (including phenoxy) is 1. The van der Waals surface area contributed by atoms with Crippen molar-refractivity contribution in [2.45, 2.75) is 46.0 Å². The summed E-state index contributed by atoms with van der Waals surface area (Å²) in [6.45, 7) is 11.9. The second-order valence-corrected chi connectivity index (χ2v) is 5.50. The summed E-state index contributed by atoms with van der Waals surface area (Å²) in [4.78, 5) is 0. The zero-order valence-electron chi connectivity index (χ0n) is 10.3. The largest absolute Gasteiger partial charge is 0.492 e. The topological polar surface area (TPSA) is 9.23 Å². The highest BCUT2D eigenvalue weighted by Gasteiger charge is 2.34. The third kappa shape index (κ3) is 1.54. The van der Waals surface area contributed by atoms with Crippen molar-refractivity contribution < 1.29 is 4.74 Å². The number of hydrogen-bond donors (Lipinski definition) is 0. The average Bonchev–Trinajstić information content (AvgIpc) is 2.41. The normalized spacial score (nSPS) is 17.7. The van der Waals surface area contributed by atoms with Crippen LogP contribution in [0.15, 0.2) is 12.1 Å². The van der Waals surface area contributed by atoms with Crippen LogP contribution in [0.4, 0.5) is 0 Å². The van der Waals surface area contributed by atoms with Crippen molar-refractivity contribution in [2.75, 3.05) is 6.61 Å². The third-order valence-electron chi connectivity index (χ3n) is 3.30. The first-order valence-corrected chi connectivity index (χ1v) is 5.70. The summed E-state index contributed by atoms with van der Waals surface area (Å²) in [5, 5.41) is 0. The molecule has 0 saturated heterocycles. The fourth-order valence-corrected chi connectivity index (χ4v) is 2.43. The SMILES string of the molecule is Cc1ccc2c(c1C(C)C)OCC2(C)C. The molecule has 82 valence electrons. The standard InChI is InChI=1S/C14H20O/c1-9(2)12-10(3)6-7-11-13(12)15-8-14(11,4)5/h6-7,9H,8H2,1-5H3. The molecule has 1 nitrogen and oxygen atoms in total. The monoisotopic (exact) mass is 204 g/mol. The number of hydrogen-bond acceptors (Lipinski definition) is 1. The smallest absolute Gasteiger partial charge is 0.126 e. The molecule has 0 atom stereocenters. The molecule has 0 aromatic heterocycles. The Morgan fingerprint density at radius 2 is 1.93 bits per heavy atom. The molecule has 1 aliphatic heterocycles. The van der Waals surface area contributed by atoms with Crippen LogP contribution >= 0.6 is 0 Å². The molecule has 1 heteroatoms. The maximum absolute atomic E-state index is 5.89. The highest BCUT2D eigenvalue weighted by Crippen LogP contribution is 2.44. The molecule has 2 rings (SSSR count). The Hall–Kier alpha value is -0.980. The first-order valence-electron chi connectivity index (χ1n) is 5.70. The zero-order chi connectivity index (χ0) is 11.2. The molecule has 0 fully saturated rings. The van der Waals surface area contributed by atoms with Gasteiger partial charge in [-0.3, -0.25) is 0 Å². The van der Waals surface area contributed by atoms with E-state index >= 15 is 0 Å². The molecule has 0 unspecified atom stereocenters. The zero-order valence-corrected chi connectivity index (χ0v) is 10.3. The number of fused-ring (bicyclic) bond motifs is 1. The van der Waals surface area contributed by atoms with Gasteiger partial charge in [0.25, 0.3) is 0 Å². The van der Waals surface area contributed by atoms with E-state index in [1.165, 1.54) is 16.7 Å². The Labute approximate surface area is 92.5 Å². The van der Waals surface area contributed by atoms with E-state index in [0.29, 0.717) is 5.92 Å². The van der Waals surface area contributed by atoms with E-state index < -0.39 is 0 Å². The summed E-state index contributed by atoms with van der Waals surface area (Å²) in [7, 11) is 0. The van der Waals surface area contributed by atoms with E-state index in [9.17, 15) is 0 Å². The summed E-state index contributed by atoms with van der Waals surface area (Å²) in [6, 6.07) is 4.45. The van der Waals surface area contributed by atoms with Crippen molar-refractivity contribution in [2.24, 2.45) is 0 Å². The Bertz CT molecular complexity index is 389. The van der Waals surface area contributed by atoms with Crippen molar-refractivity contribution in [3.8, 4) is 5.75 Å². The first kappa shape index (κ1) is 10.5. The summed E-state index contributed by atoms with van der Waals surface area (Å²) < 4.78 is 5.89. The van der Waals surface area contributed by atoms with E-state index in [0.717, 1.165) is 12.4 Å². The van der Waals surface area contributed by atoms with E-state index in [1.54, 1.807) is 0 Å². The quantitative estimate of drug-likeness (QED) is 0.676. The number of benzene rings is 1. The lowest BCUT2D eigenvalue weighted by Crippen LogP contribution is -2.18. The Morgan fingerprint density at radius 3 is 2.53 bits per heavy atom. The van der Waals surface area contributed by atoms with Crippen LogP contribution in [0, 0.1) is 6.92 Å². The van der Waals surface area contributed by atoms with Crippen LogP contribution in [0.2, 0.25) is 0 Å². The van der Waals surface area contributed by atoms with Gasteiger partial charge in [0.15, 0.2) is 0 Å². The molecular weight excluding hydrogens is 184 g/mol. The van der Waals surface area contributed by atoms with Gasteiger partial charge in [0.1, 0.15) is 5.75 Å². The minimum absolute atomic E-state index is 0.173. The first-order chi connectivity index (χ1) is 6.93. The molecule has 0 aliphatic carbocycles. The predicted molar refractivity (Wildman–Crippen MR) is 63.8 cm³/mol. The molecule has 1 aromatic carbocycles. The summed E-state index contributed by atoms with van der Waals surface area (Å²) in [5.41, 5.74) is 4.28. The Kier molecular flexibility index (Phi) is 2.29. The summed E-state index contributed by atoms with van der Waals surface area (Å²) in [6.07, 6.45) is 0. The molecule has 0 radical (unpaired) electrons. The number of aryl methyl sites for hydroxylation is 1. The maximum atomic E-state index is 5.89. The minimum Gasteiger partial charge on any atom is -0.492 e. The minimum atomic E-state index is 0.173.